The third kappa shape index (κ3) is 5.48. The van der Waals surface area contributed by atoms with Crippen molar-refractivity contribution in [3.63, 3.8) is 0 Å². The first-order chi connectivity index (χ1) is 18.1. The molecule has 0 aromatic heterocycles. The standard InChI is InChI=1S/C29H28N4O3S/c1-33-15-5-6-21(33)13-14-31-28-27(37-29(34)32-28)17-19-9-11-25(26(16-19)35-2)36-24-12-10-20(18-30)22-7-3-4-8-23(22)24/h3-4,7-12,16-17,21H,5-6,13-15H2,1-2H3,(H,31,32,34)/b27-17+. The molecule has 2 saturated heterocycles. The quantitative estimate of drug-likeness (QED) is 0.406. The molecule has 5 rings (SSSR count). The average molecular weight is 513 g/mol. The number of hydrogen-bond acceptors (Lipinski definition) is 7. The van der Waals surface area contributed by atoms with Gasteiger partial charge in [0.05, 0.1) is 23.6 Å². The summed E-state index contributed by atoms with van der Waals surface area (Å²) in [5.41, 5.74) is 1.47. The second kappa shape index (κ2) is 11.1. The molecule has 2 aliphatic heterocycles. The van der Waals surface area contributed by atoms with Crippen molar-refractivity contribution in [2.45, 2.75) is 25.3 Å². The van der Waals surface area contributed by atoms with E-state index in [-0.39, 0.29) is 5.24 Å². The van der Waals surface area contributed by atoms with Crippen molar-refractivity contribution in [2.24, 2.45) is 4.99 Å². The van der Waals surface area contributed by atoms with Crippen LogP contribution in [0.5, 0.6) is 17.2 Å². The number of rotatable bonds is 7. The topological polar surface area (TPSA) is 86.9 Å². The number of amidine groups is 1. The molecule has 0 spiro atoms. The number of hydrogen-bond donors (Lipinski definition) is 1. The Balaban J connectivity index is 1.37. The van der Waals surface area contributed by atoms with Crippen LogP contribution in [0.4, 0.5) is 4.79 Å². The third-order valence-electron chi connectivity index (χ3n) is 6.77. The molecule has 2 aliphatic rings. The van der Waals surface area contributed by atoms with Crippen LogP contribution in [0.1, 0.15) is 30.4 Å². The lowest BCUT2D eigenvalue weighted by molar-refractivity contribution is 0.265. The molecule has 7 nitrogen and oxygen atoms in total. The highest BCUT2D eigenvalue weighted by Gasteiger charge is 2.24. The van der Waals surface area contributed by atoms with Crippen molar-refractivity contribution in [1.82, 2.24) is 10.2 Å². The summed E-state index contributed by atoms with van der Waals surface area (Å²) >= 11 is 1.15. The van der Waals surface area contributed by atoms with Gasteiger partial charge in [0.15, 0.2) is 11.5 Å². The number of nitrogens with one attached hydrogen (secondary N) is 1. The summed E-state index contributed by atoms with van der Waals surface area (Å²) in [6, 6.07) is 19.7. The fourth-order valence-electron chi connectivity index (χ4n) is 4.80. The molecule has 1 unspecified atom stereocenters. The van der Waals surface area contributed by atoms with Gasteiger partial charge in [0.2, 0.25) is 0 Å². The number of fused-ring (bicyclic) bond motifs is 1. The van der Waals surface area contributed by atoms with Crippen molar-refractivity contribution < 1.29 is 14.3 Å². The first kappa shape index (κ1) is 24.9. The fourth-order valence-corrected chi connectivity index (χ4v) is 5.56. The first-order valence-corrected chi connectivity index (χ1v) is 13.1. The highest BCUT2D eigenvalue weighted by Crippen LogP contribution is 2.37. The SMILES string of the molecule is COc1cc(/C=C2/SC(=O)NC2=NCCC2CCCN2C)ccc1Oc1ccc(C#N)c2ccccc12. The van der Waals surface area contributed by atoms with Crippen LogP contribution in [0.25, 0.3) is 16.8 Å². The Morgan fingerprint density at radius 3 is 2.73 bits per heavy atom. The predicted octanol–water partition coefficient (Wildman–Crippen LogP) is 6.19. The molecule has 0 bridgehead atoms. The second-order valence-corrected chi connectivity index (χ2v) is 10.1. The van der Waals surface area contributed by atoms with Gasteiger partial charge in [-0.15, -0.1) is 0 Å². The maximum atomic E-state index is 12.1. The average Bonchev–Trinajstić information content (AvgIpc) is 3.48. The molecular weight excluding hydrogens is 484 g/mol. The van der Waals surface area contributed by atoms with Crippen LogP contribution < -0.4 is 14.8 Å². The van der Waals surface area contributed by atoms with E-state index in [9.17, 15) is 10.1 Å². The van der Waals surface area contributed by atoms with Gasteiger partial charge in [-0.2, -0.15) is 5.26 Å². The van der Waals surface area contributed by atoms with Crippen LogP contribution in [0.3, 0.4) is 0 Å². The lowest BCUT2D eigenvalue weighted by Crippen LogP contribution is -2.26. The highest BCUT2D eigenvalue weighted by molar-refractivity contribution is 8.18. The molecule has 188 valence electrons. The number of amides is 1. The summed E-state index contributed by atoms with van der Waals surface area (Å²) in [5.74, 6) is 2.39. The van der Waals surface area contributed by atoms with E-state index in [4.69, 9.17) is 14.5 Å². The van der Waals surface area contributed by atoms with Crippen LogP contribution in [-0.4, -0.2) is 49.3 Å². The number of methoxy groups -OCH3 is 1. The van der Waals surface area contributed by atoms with Crippen LogP contribution in [-0.2, 0) is 0 Å². The molecule has 1 atom stereocenters. The number of nitriles is 1. The number of ether oxygens (including phenoxy) is 2. The van der Waals surface area contributed by atoms with Gasteiger partial charge >= 0.3 is 0 Å². The van der Waals surface area contributed by atoms with Crippen molar-refractivity contribution >= 4 is 39.7 Å². The predicted molar refractivity (Wildman–Crippen MR) is 148 cm³/mol. The summed E-state index contributed by atoms with van der Waals surface area (Å²) in [6.45, 7) is 1.82. The summed E-state index contributed by atoms with van der Waals surface area (Å²) in [6.07, 6.45) is 5.36. The number of carbonyl (C=O) groups excluding carboxylic acids is 1. The molecule has 3 aromatic rings. The van der Waals surface area contributed by atoms with Gasteiger partial charge < -0.3 is 19.7 Å². The zero-order valence-electron chi connectivity index (χ0n) is 20.9. The summed E-state index contributed by atoms with van der Waals surface area (Å²) in [7, 11) is 3.76. The van der Waals surface area contributed by atoms with E-state index >= 15 is 0 Å². The molecule has 0 aliphatic carbocycles. The monoisotopic (exact) mass is 512 g/mol. The molecule has 2 fully saturated rings. The Bertz CT molecular complexity index is 1440. The van der Waals surface area contributed by atoms with Crippen molar-refractivity contribution in [2.75, 3.05) is 27.2 Å². The molecule has 0 saturated carbocycles. The number of thioether (sulfide) groups is 1. The minimum atomic E-state index is -0.123. The number of carbonyl (C=O) groups is 1. The van der Waals surface area contributed by atoms with E-state index in [1.807, 2.05) is 48.5 Å². The van der Waals surface area contributed by atoms with E-state index in [0.29, 0.717) is 41.2 Å². The van der Waals surface area contributed by atoms with E-state index < -0.39 is 0 Å². The Hall–Kier alpha value is -3.80. The van der Waals surface area contributed by atoms with Gasteiger partial charge in [0.25, 0.3) is 5.24 Å². The fraction of sp³-hybridized carbons (Fsp3) is 0.276. The smallest absolute Gasteiger partial charge is 0.289 e. The third-order valence-corrected chi connectivity index (χ3v) is 7.59. The number of likely N-dealkylation sites (tertiary alicyclic amines) is 1. The summed E-state index contributed by atoms with van der Waals surface area (Å²) < 4.78 is 11.9. The molecular formula is C29H28N4O3S. The molecule has 0 radical (unpaired) electrons. The minimum Gasteiger partial charge on any atom is -0.493 e. The summed E-state index contributed by atoms with van der Waals surface area (Å²) in [5, 5.41) is 13.9. The van der Waals surface area contributed by atoms with Crippen LogP contribution >= 0.6 is 11.8 Å². The highest BCUT2D eigenvalue weighted by atomic mass is 32.2. The zero-order chi connectivity index (χ0) is 25.8. The Kier molecular flexibility index (Phi) is 7.45. The number of benzene rings is 3. The van der Waals surface area contributed by atoms with Gasteiger partial charge in [-0.1, -0.05) is 30.3 Å². The van der Waals surface area contributed by atoms with Crippen molar-refractivity contribution in [1.29, 1.82) is 5.26 Å². The van der Waals surface area contributed by atoms with Crippen LogP contribution in [0.15, 0.2) is 64.5 Å². The van der Waals surface area contributed by atoms with Gasteiger partial charge in [-0.3, -0.25) is 9.79 Å². The minimum absolute atomic E-state index is 0.123. The second-order valence-electron chi connectivity index (χ2n) is 9.10. The maximum absolute atomic E-state index is 12.1. The van der Waals surface area contributed by atoms with Gasteiger partial charge in [-0.05, 0) is 80.5 Å². The van der Waals surface area contributed by atoms with Gasteiger partial charge in [0.1, 0.15) is 11.6 Å². The Morgan fingerprint density at radius 1 is 1.16 bits per heavy atom. The Morgan fingerprint density at radius 2 is 1.97 bits per heavy atom. The molecule has 1 amide bonds. The van der Waals surface area contributed by atoms with Gasteiger partial charge in [-0.25, -0.2) is 0 Å². The van der Waals surface area contributed by atoms with E-state index in [1.165, 1.54) is 12.8 Å². The molecule has 37 heavy (non-hydrogen) atoms. The first-order valence-electron chi connectivity index (χ1n) is 12.3. The zero-order valence-corrected chi connectivity index (χ0v) is 21.7. The van der Waals surface area contributed by atoms with Crippen molar-refractivity contribution in [3.05, 3.63) is 70.6 Å². The molecule has 2 heterocycles. The number of nitrogens with zero attached hydrogens (tertiary/aromatic N) is 3. The molecule has 1 N–H and O–H groups in total. The van der Waals surface area contributed by atoms with E-state index in [1.54, 1.807) is 19.2 Å². The molecule has 3 aromatic carbocycles. The van der Waals surface area contributed by atoms with Crippen LogP contribution in [0.2, 0.25) is 0 Å². The lowest BCUT2D eigenvalue weighted by Gasteiger charge is -2.18. The number of aliphatic imine (C=N–C) groups is 1. The van der Waals surface area contributed by atoms with Crippen LogP contribution in [0, 0.1) is 11.3 Å². The normalized spacial score (nSPS) is 19.9. The lowest BCUT2D eigenvalue weighted by atomic mass is 10.0. The largest absolute Gasteiger partial charge is 0.493 e. The van der Waals surface area contributed by atoms with E-state index in [2.05, 4.69) is 23.3 Å². The maximum Gasteiger partial charge on any atom is 0.289 e. The van der Waals surface area contributed by atoms with E-state index in [0.717, 1.165) is 46.0 Å². The van der Waals surface area contributed by atoms with Crippen molar-refractivity contribution in [3.8, 4) is 23.3 Å². The van der Waals surface area contributed by atoms with Gasteiger partial charge in [0, 0.05) is 23.4 Å². The Labute approximate surface area is 220 Å². The molecule has 8 heteroatoms. The summed E-state index contributed by atoms with van der Waals surface area (Å²) in [4.78, 5) is 20.0.